The Morgan fingerprint density at radius 2 is 1.81 bits per heavy atom. The number of nitrogens with one attached hydrogen (secondary N) is 1. The number of carbonyl (C=O) groups excluding carboxylic acids is 1. The first-order valence-corrected chi connectivity index (χ1v) is 10.4. The molecule has 0 aliphatic rings. The Balaban J connectivity index is 1.66. The van der Waals surface area contributed by atoms with Gasteiger partial charge in [-0.3, -0.25) is 18.7 Å². The molecule has 0 aliphatic heterocycles. The van der Waals surface area contributed by atoms with E-state index >= 15 is 0 Å². The van der Waals surface area contributed by atoms with E-state index in [2.05, 4.69) is 10.3 Å². The minimum atomic E-state index is -0.501. The first-order valence-electron chi connectivity index (χ1n) is 10.4. The number of ether oxygens (including phenoxy) is 1. The summed E-state index contributed by atoms with van der Waals surface area (Å²) in [5, 5.41) is 5.13. The highest BCUT2D eigenvalue weighted by Gasteiger charge is 2.19. The second-order valence-corrected chi connectivity index (χ2v) is 7.66. The number of aromatic nitrogens is 3. The minimum absolute atomic E-state index is 0.208. The molecule has 32 heavy (non-hydrogen) atoms. The fourth-order valence-corrected chi connectivity index (χ4v) is 3.75. The van der Waals surface area contributed by atoms with Gasteiger partial charge in [0.05, 0.1) is 5.69 Å². The zero-order chi connectivity index (χ0) is 22.8. The second kappa shape index (κ2) is 8.66. The minimum Gasteiger partial charge on any atom is -0.484 e. The zero-order valence-corrected chi connectivity index (χ0v) is 18.2. The summed E-state index contributed by atoms with van der Waals surface area (Å²) in [6.45, 7) is 1.78. The molecule has 1 amide bonds. The number of fused-ring (bicyclic) bond motifs is 2. The van der Waals surface area contributed by atoms with Crippen molar-refractivity contribution in [3.63, 3.8) is 0 Å². The highest BCUT2D eigenvalue weighted by Crippen LogP contribution is 2.24. The molecule has 0 radical (unpaired) electrons. The summed E-state index contributed by atoms with van der Waals surface area (Å²) in [6, 6.07) is 13.5. The summed E-state index contributed by atoms with van der Waals surface area (Å²) < 4.78 is 8.00. The number of benzene rings is 2. The topological polar surface area (TPSA) is 95.2 Å². The number of aryl methyl sites for hydroxylation is 2. The average Bonchev–Trinajstić information content (AvgIpc) is 2.81. The van der Waals surface area contributed by atoms with Crippen molar-refractivity contribution in [3.05, 3.63) is 75.1 Å². The summed E-state index contributed by atoms with van der Waals surface area (Å²) in [4.78, 5) is 42.3. The van der Waals surface area contributed by atoms with Gasteiger partial charge in [0, 0.05) is 20.3 Å². The van der Waals surface area contributed by atoms with Gasteiger partial charge in [0.15, 0.2) is 12.3 Å². The van der Waals surface area contributed by atoms with E-state index in [4.69, 9.17) is 4.74 Å². The van der Waals surface area contributed by atoms with Gasteiger partial charge in [0.1, 0.15) is 11.1 Å². The van der Waals surface area contributed by atoms with Crippen molar-refractivity contribution >= 4 is 33.4 Å². The summed E-state index contributed by atoms with van der Waals surface area (Å²) in [6.07, 6.45) is 3.02. The van der Waals surface area contributed by atoms with Crippen molar-refractivity contribution in [1.29, 1.82) is 0 Å². The number of hydrogen-bond acceptors (Lipinski definition) is 5. The highest BCUT2D eigenvalue weighted by atomic mass is 16.5. The summed E-state index contributed by atoms with van der Waals surface area (Å²) in [5.74, 6) is 0.171. The lowest BCUT2D eigenvalue weighted by molar-refractivity contribution is -0.118. The Labute approximate surface area is 184 Å². The van der Waals surface area contributed by atoms with E-state index in [-0.39, 0.29) is 17.6 Å². The molecule has 0 spiro atoms. The largest absolute Gasteiger partial charge is 0.484 e. The van der Waals surface area contributed by atoms with Gasteiger partial charge in [-0.1, -0.05) is 43.7 Å². The molecule has 2 heterocycles. The van der Waals surface area contributed by atoms with Crippen LogP contribution in [-0.2, 0) is 25.3 Å². The van der Waals surface area contributed by atoms with Crippen LogP contribution in [0.15, 0.2) is 58.3 Å². The number of nitrogens with zero attached hydrogens (tertiary/aromatic N) is 3. The Bertz CT molecular complexity index is 1450. The number of rotatable bonds is 6. The maximum atomic E-state index is 12.9. The van der Waals surface area contributed by atoms with Crippen LogP contribution < -0.4 is 21.3 Å². The predicted molar refractivity (Wildman–Crippen MR) is 124 cm³/mol. The van der Waals surface area contributed by atoms with Crippen LogP contribution in [0, 0.1) is 0 Å². The molecular formula is C24H24N4O4. The molecule has 4 aromatic rings. The van der Waals surface area contributed by atoms with Gasteiger partial charge in [0.2, 0.25) is 0 Å². The SMILES string of the molecule is CCCc1cnc2c(c1NC(=O)COc1ccc3ccccc3c1)c(=O)n(C)c(=O)n2C. The molecule has 4 rings (SSSR count). The Morgan fingerprint density at radius 3 is 2.56 bits per heavy atom. The monoisotopic (exact) mass is 432 g/mol. The van der Waals surface area contributed by atoms with E-state index in [0.717, 1.165) is 27.3 Å². The van der Waals surface area contributed by atoms with E-state index in [9.17, 15) is 14.4 Å². The van der Waals surface area contributed by atoms with Crippen molar-refractivity contribution in [1.82, 2.24) is 14.1 Å². The first-order chi connectivity index (χ1) is 15.4. The number of pyridine rings is 1. The van der Waals surface area contributed by atoms with Crippen LogP contribution in [0.25, 0.3) is 21.8 Å². The van der Waals surface area contributed by atoms with Crippen molar-refractivity contribution in [2.75, 3.05) is 11.9 Å². The third kappa shape index (κ3) is 3.87. The molecule has 1 N–H and O–H groups in total. The molecule has 8 nitrogen and oxygen atoms in total. The quantitative estimate of drug-likeness (QED) is 0.506. The highest BCUT2D eigenvalue weighted by molar-refractivity contribution is 6.01. The molecule has 0 saturated carbocycles. The van der Waals surface area contributed by atoms with Crippen LogP contribution in [-0.4, -0.2) is 26.6 Å². The van der Waals surface area contributed by atoms with Crippen LogP contribution in [0.3, 0.4) is 0 Å². The fourth-order valence-electron chi connectivity index (χ4n) is 3.75. The molecule has 0 bridgehead atoms. The molecule has 8 heteroatoms. The summed E-state index contributed by atoms with van der Waals surface area (Å²) >= 11 is 0. The van der Waals surface area contributed by atoms with E-state index in [0.29, 0.717) is 17.9 Å². The molecule has 0 unspecified atom stereocenters. The van der Waals surface area contributed by atoms with Gasteiger partial charge < -0.3 is 10.1 Å². The number of carbonyl (C=O) groups is 1. The van der Waals surface area contributed by atoms with Gasteiger partial charge in [-0.25, -0.2) is 9.78 Å². The third-order valence-corrected chi connectivity index (χ3v) is 5.42. The molecule has 0 atom stereocenters. The van der Waals surface area contributed by atoms with Crippen molar-refractivity contribution in [2.24, 2.45) is 14.1 Å². The molecule has 164 valence electrons. The smallest absolute Gasteiger partial charge is 0.332 e. The van der Waals surface area contributed by atoms with Gasteiger partial charge in [-0.05, 0) is 34.9 Å². The maximum Gasteiger partial charge on any atom is 0.332 e. The molecular weight excluding hydrogens is 408 g/mol. The second-order valence-electron chi connectivity index (χ2n) is 7.66. The number of hydrogen-bond donors (Lipinski definition) is 1. The normalized spacial score (nSPS) is 11.1. The van der Waals surface area contributed by atoms with Crippen LogP contribution in [0.2, 0.25) is 0 Å². The Morgan fingerprint density at radius 1 is 1.06 bits per heavy atom. The molecule has 2 aromatic heterocycles. The molecule has 2 aromatic carbocycles. The Kier molecular flexibility index (Phi) is 5.77. The van der Waals surface area contributed by atoms with Crippen LogP contribution in [0.5, 0.6) is 5.75 Å². The number of anilines is 1. The van der Waals surface area contributed by atoms with Gasteiger partial charge >= 0.3 is 5.69 Å². The number of amides is 1. The molecule has 0 saturated heterocycles. The van der Waals surface area contributed by atoms with Crippen molar-refractivity contribution < 1.29 is 9.53 Å². The van der Waals surface area contributed by atoms with Crippen LogP contribution in [0.4, 0.5) is 5.69 Å². The van der Waals surface area contributed by atoms with Gasteiger partial charge in [-0.2, -0.15) is 0 Å². The molecule has 0 aliphatic carbocycles. The summed E-state index contributed by atoms with van der Waals surface area (Å²) in [5.41, 5.74) is 0.355. The fraction of sp³-hybridized carbons (Fsp3) is 0.250. The lowest BCUT2D eigenvalue weighted by Crippen LogP contribution is -2.38. The van der Waals surface area contributed by atoms with E-state index in [1.54, 1.807) is 13.2 Å². The average molecular weight is 432 g/mol. The summed E-state index contributed by atoms with van der Waals surface area (Å²) in [7, 11) is 2.95. The van der Waals surface area contributed by atoms with Crippen LogP contribution >= 0.6 is 0 Å². The third-order valence-electron chi connectivity index (χ3n) is 5.42. The maximum absolute atomic E-state index is 12.9. The lowest BCUT2D eigenvalue weighted by Gasteiger charge is -2.15. The standard InChI is InChI=1S/C24H24N4O4/c1-4-7-17-13-25-22-20(23(30)28(3)24(31)27(22)2)21(17)26-19(29)14-32-18-11-10-15-8-5-6-9-16(15)12-18/h5-6,8-13H,4,7,14H2,1-3H3,(H,25,26,29). The van der Waals surface area contributed by atoms with E-state index in [1.807, 2.05) is 49.4 Å². The van der Waals surface area contributed by atoms with E-state index in [1.165, 1.54) is 11.6 Å². The van der Waals surface area contributed by atoms with Crippen molar-refractivity contribution in [2.45, 2.75) is 19.8 Å². The predicted octanol–water partition coefficient (Wildman–Crippen LogP) is 2.76. The first kappa shape index (κ1) is 21.3. The molecule has 0 fully saturated rings. The van der Waals surface area contributed by atoms with Gasteiger partial charge in [-0.15, -0.1) is 0 Å². The van der Waals surface area contributed by atoms with E-state index < -0.39 is 17.2 Å². The Hall–Kier alpha value is -3.94. The van der Waals surface area contributed by atoms with Crippen molar-refractivity contribution in [3.8, 4) is 5.75 Å². The van der Waals surface area contributed by atoms with Gasteiger partial charge in [0.25, 0.3) is 11.5 Å². The zero-order valence-electron chi connectivity index (χ0n) is 18.2. The lowest BCUT2D eigenvalue weighted by atomic mass is 10.1. The van der Waals surface area contributed by atoms with Crippen LogP contribution in [0.1, 0.15) is 18.9 Å².